The van der Waals surface area contributed by atoms with E-state index < -0.39 is 10.0 Å². The molecule has 0 atom stereocenters. The van der Waals surface area contributed by atoms with E-state index in [4.69, 9.17) is 0 Å². The average molecular weight is 389 g/mol. The zero-order valence-electron chi connectivity index (χ0n) is 15.7. The predicted molar refractivity (Wildman–Crippen MR) is 103 cm³/mol. The number of nitrogens with one attached hydrogen (secondary N) is 1. The SMILES string of the molecule is O=C(NC12CC3CC(CC(C3)C1)C2)c1cccc(S(=O)(=O)N2CCCC2)c1. The number of amides is 1. The van der Waals surface area contributed by atoms with Crippen LogP contribution in [-0.4, -0.2) is 37.3 Å². The van der Waals surface area contributed by atoms with E-state index in [9.17, 15) is 13.2 Å². The van der Waals surface area contributed by atoms with Gasteiger partial charge in [0.25, 0.3) is 5.91 Å². The molecule has 27 heavy (non-hydrogen) atoms. The summed E-state index contributed by atoms with van der Waals surface area (Å²) in [6.07, 6.45) is 9.09. The van der Waals surface area contributed by atoms with Gasteiger partial charge in [0.2, 0.25) is 10.0 Å². The van der Waals surface area contributed by atoms with Crippen LogP contribution in [0.15, 0.2) is 29.2 Å². The van der Waals surface area contributed by atoms with E-state index in [1.165, 1.54) is 23.6 Å². The lowest BCUT2D eigenvalue weighted by Crippen LogP contribution is -2.59. The van der Waals surface area contributed by atoms with Crippen molar-refractivity contribution in [2.24, 2.45) is 17.8 Å². The maximum atomic E-state index is 13.0. The number of hydrogen-bond donors (Lipinski definition) is 1. The molecular formula is C21H28N2O3S. The molecule has 1 aromatic rings. The van der Waals surface area contributed by atoms with E-state index in [-0.39, 0.29) is 16.3 Å². The molecule has 0 radical (unpaired) electrons. The second-order valence-corrected chi connectivity index (χ2v) is 11.2. The molecule has 1 aliphatic heterocycles. The van der Waals surface area contributed by atoms with Crippen LogP contribution < -0.4 is 5.32 Å². The van der Waals surface area contributed by atoms with Gasteiger partial charge in [-0.3, -0.25) is 4.79 Å². The fourth-order valence-electron chi connectivity index (χ4n) is 6.45. The first-order valence-electron chi connectivity index (χ1n) is 10.4. The highest BCUT2D eigenvalue weighted by atomic mass is 32.2. The molecule has 0 spiro atoms. The number of nitrogens with zero attached hydrogens (tertiary/aromatic N) is 1. The minimum Gasteiger partial charge on any atom is -0.347 e. The zero-order chi connectivity index (χ0) is 18.6. The Balaban J connectivity index is 1.37. The van der Waals surface area contributed by atoms with Gasteiger partial charge >= 0.3 is 0 Å². The second-order valence-electron chi connectivity index (χ2n) is 9.29. The van der Waals surface area contributed by atoms with Crippen molar-refractivity contribution in [1.29, 1.82) is 0 Å². The van der Waals surface area contributed by atoms with E-state index in [2.05, 4.69) is 5.32 Å². The third-order valence-corrected chi connectivity index (χ3v) is 9.11. The van der Waals surface area contributed by atoms with Gasteiger partial charge in [0, 0.05) is 24.2 Å². The van der Waals surface area contributed by atoms with Gasteiger partial charge < -0.3 is 5.32 Å². The molecule has 6 heteroatoms. The van der Waals surface area contributed by atoms with Crippen molar-refractivity contribution < 1.29 is 13.2 Å². The van der Waals surface area contributed by atoms with Crippen LogP contribution in [0.25, 0.3) is 0 Å². The van der Waals surface area contributed by atoms with Crippen LogP contribution in [0.5, 0.6) is 0 Å². The normalized spacial score (nSPS) is 35.5. The summed E-state index contributed by atoms with van der Waals surface area (Å²) >= 11 is 0. The Labute approximate surface area is 161 Å². The van der Waals surface area contributed by atoms with Crippen LogP contribution >= 0.6 is 0 Å². The minimum atomic E-state index is -3.49. The van der Waals surface area contributed by atoms with Gasteiger partial charge in [0.05, 0.1) is 4.90 Å². The smallest absolute Gasteiger partial charge is 0.251 e. The van der Waals surface area contributed by atoms with Crippen LogP contribution in [0.2, 0.25) is 0 Å². The van der Waals surface area contributed by atoms with Crippen LogP contribution in [-0.2, 0) is 10.0 Å². The number of sulfonamides is 1. The van der Waals surface area contributed by atoms with Crippen molar-refractivity contribution in [3.05, 3.63) is 29.8 Å². The standard InChI is InChI=1S/C21H28N2O3S/c24-20(22-21-12-15-8-16(13-21)10-17(9-15)14-21)18-4-3-5-19(11-18)27(25,26)23-6-1-2-7-23/h3-5,11,15-17H,1-2,6-10,12-14H2,(H,22,24). The van der Waals surface area contributed by atoms with Crippen LogP contribution in [0.1, 0.15) is 61.7 Å². The van der Waals surface area contributed by atoms with Gasteiger partial charge in [-0.05, 0) is 87.3 Å². The monoisotopic (exact) mass is 388 g/mol. The quantitative estimate of drug-likeness (QED) is 0.861. The maximum absolute atomic E-state index is 13.0. The van der Waals surface area contributed by atoms with Gasteiger partial charge in [-0.15, -0.1) is 0 Å². The molecule has 4 bridgehead atoms. The molecule has 4 saturated carbocycles. The summed E-state index contributed by atoms with van der Waals surface area (Å²) in [7, 11) is -3.49. The number of hydrogen-bond acceptors (Lipinski definition) is 3. The molecule has 4 aliphatic carbocycles. The molecule has 1 saturated heterocycles. The maximum Gasteiger partial charge on any atom is 0.251 e. The van der Waals surface area contributed by atoms with Crippen LogP contribution in [0.3, 0.4) is 0 Å². The lowest BCUT2D eigenvalue weighted by atomic mass is 9.53. The third-order valence-electron chi connectivity index (χ3n) is 7.22. The first-order valence-corrected chi connectivity index (χ1v) is 11.8. The van der Waals surface area contributed by atoms with Crippen molar-refractivity contribution in [3.8, 4) is 0 Å². The molecule has 1 heterocycles. The Morgan fingerprint density at radius 1 is 1.00 bits per heavy atom. The zero-order valence-corrected chi connectivity index (χ0v) is 16.5. The molecule has 6 rings (SSSR count). The second kappa shape index (κ2) is 6.31. The molecular weight excluding hydrogens is 360 g/mol. The van der Waals surface area contributed by atoms with Crippen LogP contribution in [0, 0.1) is 17.8 Å². The largest absolute Gasteiger partial charge is 0.347 e. The number of benzene rings is 1. The topological polar surface area (TPSA) is 66.5 Å². The van der Waals surface area contributed by atoms with Crippen LogP contribution in [0.4, 0.5) is 0 Å². The lowest BCUT2D eigenvalue weighted by molar-refractivity contribution is -0.0167. The minimum absolute atomic E-state index is 0.0599. The molecule has 5 aliphatic rings. The highest BCUT2D eigenvalue weighted by molar-refractivity contribution is 7.89. The summed E-state index contributed by atoms with van der Waals surface area (Å²) in [5.41, 5.74) is 0.404. The molecule has 5 fully saturated rings. The Morgan fingerprint density at radius 2 is 1.59 bits per heavy atom. The summed E-state index contributed by atoms with van der Waals surface area (Å²) in [5, 5.41) is 3.34. The molecule has 1 aromatic carbocycles. The van der Waals surface area contributed by atoms with Crippen molar-refractivity contribution in [2.45, 2.75) is 61.8 Å². The van der Waals surface area contributed by atoms with Gasteiger partial charge in [0.1, 0.15) is 0 Å². The average Bonchev–Trinajstić information content (AvgIpc) is 3.16. The first-order chi connectivity index (χ1) is 12.9. The summed E-state index contributed by atoms with van der Waals surface area (Å²) in [6.45, 7) is 1.15. The fraction of sp³-hybridized carbons (Fsp3) is 0.667. The number of carbonyl (C=O) groups excluding carboxylic acids is 1. The molecule has 0 unspecified atom stereocenters. The molecule has 1 N–H and O–H groups in total. The third kappa shape index (κ3) is 3.11. The van der Waals surface area contributed by atoms with Gasteiger partial charge in [0.15, 0.2) is 0 Å². The Bertz CT molecular complexity index is 823. The van der Waals surface area contributed by atoms with Crippen molar-refractivity contribution in [3.63, 3.8) is 0 Å². The predicted octanol–water partition coefficient (Wildman–Crippen LogP) is 3.17. The Morgan fingerprint density at radius 3 is 2.19 bits per heavy atom. The van der Waals surface area contributed by atoms with Gasteiger partial charge in [-0.1, -0.05) is 6.07 Å². The van der Waals surface area contributed by atoms with E-state index in [1.807, 2.05) is 0 Å². The summed E-state index contributed by atoms with van der Waals surface area (Å²) < 4.78 is 27.2. The lowest BCUT2D eigenvalue weighted by Gasteiger charge is -2.56. The summed E-state index contributed by atoms with van der Waals surface area (Å²) in [6, 6.07) is 6.59. The van der Waals surface area contributed by atoms with E-state index in [1.54, 1.807) is 24.3 Å². The Hall–Kier alpha value is -1.40. The van der Waals surface area contributed by atoms with E-state index >= 15 is 0 Å². The first kappa shape index (κ1) is 17.7. The summed E-state index contributed by atoms with van der Waals surface area (Å²) in [4.78, 5) is 13.2. The molecule has 146 valence electrons. The highest BCUT2D eigenvalue weighted by Crippen LogP contribution is 2.55. The van der Waals surface area contributed by atoms with E-state index in [0.717, 1.165) is 49.9 Å². The van der Waals surface area contributed by atoms with E-state index in [0.29, 0.717) is 18.7 Å². The number of carbonyl (C=O) groups is 1. The van der Waals surface area contributed by atoms with Crippen molar-refractivity contribution >= 4 is 15.9 Å². The van der Waals surface area contributed by atoms with Gasteiger partial charge in [-0.25, -0.2) is 8.42 Å². The molecule has 0 aromatic heterocycles. The highest BCUT2D eigenvalue weighted by Gasteiger charge is 2.51. The molecule has 5 nitrogen and oxygen atoms in total. The Kier molecular flexibility index (Phi) is 4.13. The van der Waals surface area contributed by atoms with Crippen molar-refractivity contribution in [1.82, 2.24) is 9.62 Å². The summed E-state index contributed by atoms with van der Waals surface area (Å²) in [5.74, 6) is 2.17. The van der Waals surface area contributed by atoms with Crippen molar-refractivity contribution in [2.75, 3.05) is 13.1 Å². The fourth-order valence-corrected chi connectivity index (χ4v) is 8.02. The molecule has 1 amide bonds. The van der Waals surface area contributed by atoms with Gasteiger partial charge in [-0.2, -0.15) is 4.31 Å². The number of rotatable bonds is 4.